The van der Waals surface area contributed by atoms with E-state index >= 15 is 0 Å². The summed E-state index contributed by atoms with van der Waals surface area (Å²) < 4.78 is 10.9. The highest BCUT2D eigenvalue weighted by molar-refractivity contribution is 4.96. The second kappa shape index (κ2) is 7.47. The van der Waals surface area contributed by atoms with Crippen molar-refractivity contribution in [1.82, 2.24) is 5.32 Å². The molecular formula is C13H23NO2. The number of furan rings is 1. The Morgan fingerprint density at radius 3 is 2.81 bits per heavy atom. The molecule has 1 unspecified atom stereocenters. The molecule has 1 aromatic heterocycles. The number of rotatable bonds is 8. The number of hydrogen-bond donors (Lipinski definition) is 1. The molecule has 0 aliphatic carbocycles. The van der Waals surface area contributed by atoms with Crippen molar-refractivity contribution in [2.45, 2.75) is 39.9 Å². The first kappa shape index (κ1) is 13.3. The van der Waals surface area contributed by atoms with Crippen LogP contribution in [0.25, 0.3) is 0 Å². The number of nitrogens with one attached hydrogen (secondary N) is 1. The van der Waals surface area contributed by atoms with Crippen LogP contribution in [0.15, 0.2) is 22.8 Å². The SMILES string of the molecule is CC(C)CNCCC(C)OCc1ccco1. The molecule has 16 heavy (non-hydrogen) atoms. The molecule has 0 fully saturated rings. The smallest absolute Gasteiger partial charge is 0.129 e. The predicted molar refractivity (Wildman–Crippen MR) is 65.3 cm³/mol. The molecule has 0 radical (unpaired) electrons. The molecular weight excluding hydrogens is 202 g/mol. The highest BCUT2D eigenvalue weighted by Crippen LogP contribution is 2.05. The second-order valence-electron chi connectivity index (χ2n) is 4.59. The minimum Gasteiger partial charge on any atom is -0.467 e. The van der Waals surface area contributed by atoms with Gasteiger partial charge in [0.15, 0.2) is 0 Å². The first-order chi connectivity index (χ1) is 7.68. The fourth-order valence-corrected chi connectivity index (χ4v) is 1.40. The lowest BCUT2D eigenvalue weighted by molar-refractivity contribution is 0.0377. The Hall–Kier alpha value is -0.800. The number of hydrogen-bond acceptors (Lipinski definition) is 3. The van der Waals surface area contributed by atoms with Gasteiger partial charge >= 0.3 is 0 Å². The van der Waals surface area contributed by atoms with Gasteiger partial charge in [-0.25, -0.2) is 0 Å². The Morgan fingerprint density at radius 1 is 1.38 bits per heavy atom. The Morgan fingerprint density at radius 2 is 2.19 bits per heavy atom. The van der Waals surface area contributed by atoms with Crippen LogP contribution in [0.5, 0.6) is 0 Å². The van der Waals surface area contributed by atoms with E-state index in [1.165, 1.54) is 0 Å². The molecule has 1 N–H and O–H groups in total. The third-order valence-corrected chi connectivity index (χ3v) is 2.37. The van der Waals surface area contributed by atoms with Gasteiger partial charge in [-0.15, -0.1) is 0 Å². The van der Waals surface area contributed by atoms with E-state index in [0.717, 1.165) is 25.3 Å². The number of ether oxygens (including phenoxy) is 1. The highest BCUT2D eigenvalue weighted by atomic mass is 16.5. The zero-order valence-electron chi connectivity index (χ0n) is 10.5. The quantitative estimate of drug-likeness (QED) is 0.691. The molecule has 1 atom stereocenters. The van der Waals surface area contributed by atoms with Gasteiger partial charge in [0.2, 0.25) is 0 Å². The second-order valence-corrected chi connectivity index (χ2v) is 4.59. The van der Waals surface area contributed by atoms with Crippen molar-refractivity contribution >= 4 is 0 Å². The molecule has 0 saturated carbocycles. The van der Waals surface area contributed by atoms with Crippen molar-refractivity contribution in [3.8, 4) is 0 Å². The summed E-state index contributed by atoms with van der Waals surface area (Å²) in [6.45, 7) is 9.18. The molecule has 0 aliphatic heterocycles. The minimum absolute atomic E-state index is 0.268. The Bertz CT molecular complexity index is 257. The van der Waals surface area contributed by atoms with Crippen LogP contribution in [-0.2, 0) is 11.3 Å². The van der Waals surface area contributed by atoms with Gasteiger partial charge in [-0.2, -0.15) is 0 Å². The first-order valence-electron chi connectivity index (χ1n) is 6.03. The average molecular weight is 225 g/mol. The van der Waals surface area contributed by atoms with Gasteiger partial charge in [-0.1, -0.05) is 13.8 Å². The monoisotopic (exact) mass is 225 g/mol. The van der Waals surface area contributed by atoms with Gasteiger partial charge in [-0.3, -0.25) is 0 Å². The van der Waals surface area contributed by atoms with Crippen LogP contribution in [0.1, 0.15) is 33.0 Å². The lowest BCUT2D eigenvalue weighted by Gasteiger charge is -2.13. The summed E-state index contributed by atoms with van der Waals surface area (Å²) in [6, 6.07) is 3.82. The Kier molecular flexibility index (Phi) is 6.19. The van der Waals surface area contributed by atoms with E-state index in [0.29, 0.717) is 12.5 Å². The van der Waals surface area contributed by atoms with E-state index in [2.05, 4.69) is 26.1 Å². The lowest BCUT2D eigenvalue weighted by Crippen LogP contribution is -2.24. The van der Waals surface area contributed by atoms with Crippen molar-refractivity contribution in [1.29, 1.82) is 0 Å². The summed E-state index contributed by atoms with van der Waals surface area (Å²) in [5.74, 6) is 1.60. The van der Waals surface area contributed by atoms with Gasteiger partial charge < -0.3 is 14.5 Å². The van der Waals surface area contributed by atoms with E-state index in [1.54, 1.807) is 6.26 Å². The molecule has 3 heteroatoms. The summed E-state index contributed by atoms with van der Waals surface area (Å²) >= 11 is 0. The molecule has 1 rings (SSSR count). The van der Waals surface area contributed by atoms with E-state index in [1.807, 2.05) is 12.1 Å². The normalized spacial score (nSPS) is 13.2. The lowest BCUT2D eigenvalue weighted by atomic mass is 10.2. The Labute approximate surface area is 98.2 Å². The molecule has 3 nitrogen and oxygen atoms in total. The van der Waals surface area contributed by atoms with Gasteiger partial charge in [0.25, 0.3) is 0 Å². The molecule has 0 aromatic carbocycles. The summed E-state index contributed by atoms with van der Waals surface area (Å²) in [4.78, 5) is 0. The van der Waals surface area contributed by atoms with Crippen molar-refractivity contribution in [3.63, 3.8) is 0 Å². The topological polar surface area (TPSA) is 34.4 Å². The van der Waals surface area contributed by atoms with Crippen LogP contribution >= 0.6 is 0 Å². The molecule has 92 valence electrons. The molecule has 1 heterocycles. The third-order valence-electron chi connectivity index (χ3n) is 2.37. The van der Waals surface area contributed by atoms with Crippen LogP contribution in [0.3, 0.4) is 0 Å². The Balaban J connectivity index is 2.00. The zero-order valence-corrected chi connectivity index (χ0v) is 10.5. The summed E-state index contributed by atoms with van der Waals surface area (Å²) in [5.41, 5.74) is 0. The first-order valence-corrected chi connectivity index (χ1v) is 6.03. The van der Waals surface area contributed by atoms with E-state index < -0.39 is 0 Å². The standard InChI is InChI=1S/C13H23NO2/c1-11(2)9-14-7-6-12(3)16-10-13-5-4-8-15-13/h4-5,8,11-12,14H,6-7,9-10H2,1-3H3. The molecule has 0 saturated heterocycles. The van der Waals surface area contributed by atoms with E-state index in [-0.39, 0.29) is 6.10 Å². The zero-order chi connectivity index (χ0) is 11.8. The van der Waals surface area contributed by atoms with E-state index in [4.69, 9.17) is 9.15 Å². The largest absolute Gasteiger partial charge is 0.467 e. The van der Waals surface area contributed by atoms with Crippen molar-refractivity contribution in [3.05, 3.63) is 24.2 Å². The van der Waals surface area contributed by atoms with Gasteiger partial charge in [-0.05, 0) is 44.5 Å². The molecule has 0 bridgehead atoms. The van der Waals surface area contributed by atoms with Crippen LogP contribution in [-0.4, -0.2) is 19.2 Å². The maximum Gasteiger partial charge on any atom is 0.129 e. The van der Waals surface area contributed by atoms with E-state index in [9.17, 15) is 0 Å². The summed E-state index contributed by atoms with van der Waals surface area (Å²) in [5, 5.41) is 3.41. The third kappa shape index (κ3) is 5.93. The van der Waals surface area contributed by atoms with Crippen molar-refractivity contribution in [2.24, 2.45) is 5.92 Å². The van der Waals surface area contributed by atoms with Crippen LogP contribution in [0, 0.1) is 5.92 Å². The van der Waals surface area contributed by atoms with Gasteiger partial charge in [0.1, 0.15) is 12.4 Å². The highest BCUT2D eigenvalue weighted by Gasteiger charge is 2.03. The minimum atomic E-state index is 0.268. The van der Waals surface area contributed by atoms with Crippen LogP contribution < -0.4 is 5.32 Å². The maximum absolute atomic E-state index is 5.66. The fraction of sp³-hybridized carbons (Fsp3) is 0.692. The van der Waals surface area contributed by atoms with Gasteiger partial charge in [0, 0.05) is 0 Å². The van der Waals surface area contributed by atoms with Crippen LogP contribution in [0.2, 0.25) is 0 Å². The fourth-order valence-electron chi connectivity index (χ4n) is 1.40. The molecule has 0 aliphatic rings. The average Bonchev–Trinajstić information content (AvgIpc) is 2.74. The predicted octanol–water partition coefficient (Wildman–Crippen LogP) is 2.82. The van der Waals surface area contributed by atoms with Gasteiger partial charge in [0.05, 0.1) is 12.4 Å². The molecule has 0 spiro atoms. The van der Waals surface area contributed by atoms with Crippen molar-refractivity contribution < 1.29 is 9.15 Å². The summed E-state index contributed by atoms with van der Waals surface area (Å²) in [7, 11) is 0. The summed E-state index contributed by atoms with van der Waals surface area (Å²) in [6.07, 6.45) is 2.98. The van der Waals surface area contributed by atoms with Crippen molar-refractivity contribution in [2.75, 3.05) is 13.1 Å². The molecule has 1 aromatic rings. The molecule has 0 amide bonds. The van der Waals surface area contributed by atoms with Crippen LogP contribution in [0.4, 0.5) is 0 Å². The maximum atomic E-state index is 5.66.